The van der Waals surface area contributed by atoms with Crippen molar-refractivity contribution in [2.45, 2.75) is 37.7 Å². The maximum absolute atomic E-state index is 12.8. The van der Waals surface area contributed by atoms with Gasteiger partial charge in [0.25, 0.3) is 0 Å². The van der Waals surface area contributed by atoms with Crippen molar-refractivity contribution in [3.05, 3.63) is 0 Å². The third kappa shape index (κ3) is 3.16. The predicted molar refractivity (Wildman–Crippen MR) is 56.9 cm³/mol. The molecule has 0 spiro atoms. The van der Waals surface area contributed by atoms with E-state index < -0.39 is 24.7 Å². The Labute approximate surface area is 107 Å². The number of carbonyl (C=O) groups excluding carboxylic acids is 2. The fourth-order valence-corrected chi connectivity index (χ4v) is 2.06. The standard InChI is InChI=1S/C11H14F4N2O2/c12-10(13)11(14,15)5-8(18)16-3-4-17(7-1-2-7)9(19)6-16/h7,10H,1-6H2. The van der Waals surface area contributed by atoms with Gasteiger partial charge in [-0.25, -0.2) is 8.78 Å². The summed E-state index contributed by atoms with van der Waals surface area (Å²) in [5, 5.41) is 0. The molecule has 108 valence electrons. The zero-order valence-corrected chi connectivity index (χ0v) is 10.1. The lowest BCUT2D eigenvalue weighted by atomic mass is 10.2. The second-order valence-electron chi connectivity index (χ2n) is 4.87. The van der Waals surface area contributed by atoms with Gasteiger partial charge in [-0.15, -0.1) is 0 Å². The Kier molecular flexibility index (Phi) is 3.69. The molecule has 0 aromatic heterocycles. The second kappa shape index (κ2) is 4.97. The molecule has 19 heavy (non-hydrogen) atoms. The molecule has 0 atom stereocenters. The zero-order chi connectivity index (χ0) is 14.2. The largest absolute Gasteiger partial charge is 0.336 e. The zero-order valence-electron chi connectivity index (χ0n) is 10.1. The molecule has 1 saturated heterocycles. The molecule has 2 amide bonds. The summed E-state index contributed by atoms with van der Waals surface area (Å²) >= 11 is 0. The van der Waals surface area contributed by atoms with Crippen molar-refractivity contribution < 1.29 is 27.2 Å². The van der Waals surface area contributed by atoms with Crippen LogP contribution in [0.3, 0.4) is 0 Å². The molecule has 0 aromatic rings. The summed E-state index contributed by atoms with van der Waals surface area (Å²) in [6, 6.07) is 0.201. The molecule has 1 aliphatic carbocycles. The van der Waals surface area contributed by atoms with Crippen LogP contribution in [0, 0.1) is 0 Å². The van der Waals surface area contributed by atoms with E-state index in [0.717, 1.165) is 17.7 Å². The van der Waals surface area contributed by atoms with Crippen LogP contribution in [0.5, 0.6) is 0 Å². The van der Waals surface area contributed by atoms with E-state index in [-0.39, 0.29) is 31.6 Å². The van der Waals surface area contributed by atoms with E-state index in [1.54, 1.807) is 4.90 Å². The van der Waals surface area contributed by atoms with Crippen LogP contribution in [0.1, 0.15) is 19.3 Å². The van der Waals surface area contributed by atoms with Gasteiger partial charge in [0, 0.05) is 19.1 Å². The number of carbonyl (C=O) groups is 2. The quantitative estimate of drug-likeness (QED) is 0.725. The van der Waals surface area contributed by atoms with Crippen LogP contribution in [0.25, 0.3) is 0 Å². The Balaban J connectivity index is 1.89. The summed E-state index contributed by atoms with van der Waals surface area (Å²) < 4.78 is 49.5. The third-order valence-electron chi connectivity index (χ3n) is 3.30. The van der Waals surface area contributed by atoms with E-state index >= 15 is 0 Å². The van der Waals surface area contributed by atoms with E-state index in [0.29, 0.717) is 0 Å². The number of piperazine rings is 1. The minimum absolute atomic E-state index is 0.125. The van der Waals surface area contributed by atoms with Gasteiger partial charge in [0.1, 0.15) is 0 Å². The molecular weight excluding hydrogens is 268 g/mol. The lowest BCUT2D eigenvalue weighted by molar-refractivity contribution is -0.162. The van der Waals surface area contributed by atoms with Crippen LogP contribution in [-0.4, -0.2) is 59.6 Å². The number of nitrogens with zero attached hydrogens (tertiary/aromatic N) is 2. The van der Waals surface area contributed by atoms with E-state index in [1.165, 1.54) is 0 Å². The molecule has 2 rings (SSSR count). The summed E-state index contributed by atoms with van der Waals surface area (Å²) in [7, 11) is 0. The van der Waals surface area contributed by atoms with Crippen LogP contribution >= 0.6 is 0 Å². The van der Waals surface area contributed by atoms with Gasteiger partial charge in [-0.1, -0.05) is 0 Å². The maximum atomic E-state index is 12.8. The maximum Gasteiger partial charge on any atom is 0.316 e. The van der Waals surface area contributed by atoms with Crippen molar-refractivity contribution in [1.29, 1.82) is 0 Å². The lowest BCUT2D eigenvalue weighted by Crippen LogP contribution is -2.53. The van der Waals surface area contributed by atoms with Crippen molar-refractivity contribution in [3.8, 4) is 0 Å². The van der Waals surface area contributed by atoms with E-state index in [1.807, 2.05) is 0 Å². The Hall–Kier alpha value is -1.34. The van der Waals surface area contributed by atoms with Crippen molar-refractivity contribution in [2.24, 2.45) is 0 Å². The fraction of sp³-hybridized carbons (Fsp3) is 0.818. The molecule has 0 aromatic carbocycles. The fourth-order valence-electron chi connectivity index (χ4n) is 2.06. The third-order valence-corrected chi connectivity index (χ3v) is 3.30. The van der Waals surface area contributed by atoms with Gasteiger partial charge in [0.05, 0.1) is 13.0 Å². The Morgan fingerprint density at radius 3 is 2.42 bits per heavy atom. The summed E-state index contributed by atoms with van der Waals surface area (Å²) in [6.45, 7) is 0.116. The van der Waals surface area contributed by atoms with Crippen LogP contribution in [0.4, 0.5) is 17.6 Å². The summed E-state index contributed by atoms with van der Waals surface area (Å²) in [5.74, 6) is -5.75. The highest BCUT2D eigenvalue weighted by atomic mass is 19.3. The lowest BCUT2D eigenvalue weighted by Gasteiger charge is -2.35. The summed E-state index contributed by atoms with van der Waals surface area (Å²) in [6.07, 6.45) is -3.59. The van der Waals surface area contributed by atoms with E-state index in [9.17, 15) is 27.2 Å². The SMILES string of the molecule is O=C(CC(F)(F)C(F)F)N1CCN(C2CC2)C(=O)C1. The van der Waals surface area contributed by atoms with Gasteiger partial charge < -0.3 is 9.80 Å². The Bertz CT molecular complexity index is 385. The number of hydrogen-bond donors (Lipinski definition) is 0. The van der Waals surface area contributed by atoms with Crippen LogP contribution < -0.4 is 0 Å². The van der Waals surface area contributed by atoms with Gasteiger partial charge >= 0.3 is 12.3 Å². The minimum Gasteiger partial charge on any atom is -0.336 e. The first-order valence-corrected chi connectivity index (χ1v) is 6.04. The molecule has 0 radical (unpaired) electrons. The van der Waals surface area contributed by atoms with Gasteiger partial charge in [-0.3, -0.25) is 9.59 Å². The molecule has 4 nitrogen and oxygen atoms in total. The van der Waals surface area contributed by atoms with Crippen LogP contribution in [-0.2, 0) is 9.59 Å². The molecule has 0 N–H and O–H groups in total. The van der Waals surface area contributed by atoms with E-state index in [2.05, 4.69) is 0 Å². The minimum atomic E-state index is -4.34. The summed E-state index contributed by atoms with van der Waals surface area (Å²) in [4.78, 5) is 25.7. The Morgan fingerprint density at radius 1 is 1.32 bits per heavy atom. The molecule has 8 heteroatoms. The van der Waals surface area contributed by atoms with Gasteiger partial charge in [0.2, 0.25) is 11.8 Å². The highest BCUT2D eigenvalue weighted by Gasteiger charge is 2.45. The van der Waals surface area contributed by atoms with Gasteiger partial charge in [0.15, 0.2) is 0 Å². The molecule has 2 fully saturated rings. The van der Waals surface area contributed by atoms with Gasteiger partial charge in [-0.2, -0.15) is 8.78 Å². The Morgan fingerprint density at radius 2 is 1.95 bits per heavy atom. The van der Waals surface area contributed by atoms with Crippen molar-refractivity contribution >= 4 is 11.8 Å². The number of amides is 2. The van der Waals surface area contributed by atoms with Crippen LogP contribution in [0.15, 0.2) is 0 Å². The molecule has 2 aliphatic rings. The number of hydrogen-bond acceptors (Lipinski definition) is 2. The normalized spacial score (nSPS) is 21.2. The number of alkyl halides is 4. The van der Waals surface area contributed by atoms with Crippen molar-refractivity contribution in [2.75, 3.05) is 19.6 Å². The first-order chi connectivity index (χ1) is 8.81. The molecule has 1 aliphatic heterocycles. The first-order valence-electron chi connectivity index (χ1n) is 6.04. The van der Waals surface area contributed by atoms with E-state index in [4.69, 9.17) is 0 Å². The predicted octanol–water partition coefficient (Wildman–Crippen LogP) is 1.11. The molecule has 1 saturated carbocycles. The van der Waals surface area contributed by atoms with Crippen molar-refractivity contribution in [1.82, 2.24) is 9.80 Å². The number of rotatable bonds is 4. The average Bonchev–Trinajstić information content (AvgIpc) is 3.12. The molecular formula is C11H14F4N2O2. The molecule has 1 heterocycles. The average molecular weight is 282 g/mol. The van der Waals surface area contributed by atoms with Crippen molar-refractivity contribution in [3.63, 3.8) is 0 Å². The highest BCUT2D eigenvalue weighted by molar-refractivity contribution is 5.86. The first kappa shape index (κ1) is 14.1. The molecule has 0 bridgehead atoms. The summed E-state index contributed by atoms with van der Waals surface area (Å²) in [5.41, 5.74) is 0. The topological polar surface area (TPSA) is 40.6 Å². The monoisotopic (exact) mass is 282 g/mol. The van der Waals surface area contributed by atoms with Gasteiger partial charge in [-0.05, 0) is 12.8 Å². The van der Waals surface area contributed by atoms with Crippen LogP contribution in [0.2, 0.25) is 0 Å². The second-order valence-corrected chi connectivity index (χ2v) is 4.87. The number of halogens is 4. The highest BCUT2D eigenvalue weighted by Crippen LogP contribution is 2.30. The molecule has 0 unspecified atom stereocenters. The smallest absolute Gasteiger partial charge is 0.316 e.